The number of aryl methyl sites for hydroxylation is 1. The number of benzene rings is 1. The highest BCUT2D eigenvalue weighted by Gasteiger charge is 2.21. The van der Waals surface area contributed by atoms with Gasteiger partial charge in [0, 0.05) is 17.3 Å². The van der Waals surface area contributed by atoms with Crippen molar-refractivity contribution >= 4 is 40.8 Å². The van der Waals surface area contributed by atoms with E-state index < -0.39 is 11.5 Å². The lowest BCUT2D eigenvalue weighted by atomic mass is 9.95. The first kappa shape index (κ1) is 23.8. The van der Waals surface area contributed by atoms with Gasteiger partial charge in [-0.25, -0.2) is 0 Å². The Labute approximate surface area is 206 Å². The zero-order valence-electron chi connectivity index (χ0n) is 18.5. The highest BCUT2D eigenvalue weighted by Crippen LogP contribution is 2.32. The highest BCUT2D eigenvalue weighted by molar-refractivity contribution is 6.35. The first-order valence-corrected chi connectivity index (χ1v) is 11.7. The molecule has 0 spiro atoms. The highest BCUT2D eigenvalue weighted by atomic mass is 35.5. The van der Waals surface area contributed by atoms with Crippen LogP contribution in [0.1, 0.15) is 43.2 Å². The molecule has 0 aliphatic heterocycles. The molecular formula is C25H22Cl2N4O3. The van der Waals surface area contributed by atoms with Gasteiger partial charge in [0.25, 0.3) is 11.5 Å². The van der Waals surface area contributed by atoms with E-state index in [0.29, 0.717) is 10.7 Å². The summed E-state index contributed by atoms with van der Waals surface area (Å²) < 4.78 is 7.27. The van der Waals surface area contributed by atoms with Crippen molar-refractivity contribution in [3.63, 3.8) is 0 Å². The molecule has 0 radical (unpaired) electrons. The molecule has 1 aliphatic carbocycles. The monoisotopic (exact) mass is 496 g/mol. The van der Waals surface area contributed by atoms with Crippen LogP contribution in [-0.4, -0.2) is 21.3 Å². The van der Waals surface area contributed by atoms with E-state index in [-0.39, 0.29) is 33.8 Å². The summed E-state index contributed by atoms with van der Waals surface area (Å²) in [5, 5.41) is 13.3. The topological polar surface area (TPSA) is 96.5 Å². The summed E-state index contributed by atoms with van der Waals surface area (Å²) in [6.07, 6.45) is 7.74. The molecule has 2 heterocycles. The van der Waals surface area contributed by atoms with Crippen molar-refractivity contribution in [2.75, 3.05) is 0 Å². The zero-order chi connectivity index (χ0) is 24.2. The Morgan fingerprint density at radius 1 is 1.26 bits per heavy atom. The molecule has 1 N–H and O–H groups in total. The number of rotatable bonds is 5. The van der Waals surface area contributed by atoms with Crippen molar-refractivity contribution in [2.45, 2.75) is 45.1 Å². The number of halogens is 2. The SMILES string of the molecule is Cc1cccn2c(=O)c(C=C(C#N)C(=O)NC3CCCCC3)c(Oc3ccc(Cl)cc3Cl)nc12. The molecular weight excluding hydrogens is 475 g/mol. The number of nitrogens with one attached hydrogen (secondary N) is 1. The summed E-state index contributed by atoms with van der Waals surface area (Å²) in [7, 11) is 0. The number of amides is 1. The molecule has 0 unspecified atom stereocenters. The van der Waals surface area contributed by atoms with Crippen LogP contribution in [0.4, 0.5) is 0 Å². The van der Waals surface area contributed by atoms with E-state index in [4.69, 9.17) is 27.9 Å². The fourth-order valence-corrected chi connectivity index (χ4v) is 4.41. The lowest BCUT2D eigenvalue weighted by Crippen LogP contribution is -2.36. The van der Waals surface area contributed by atoms with Gasteiger partial charge in [0.15, 0.2) is 0 Å². The Balaban J connectivity index is 1.81. The Kier molecular flexibility index (Phi) is 7.20. The van der Waals surface area contributed by atoms with Gasteiger partial charge >= 0.3 is 0 Å². The molecule has 0 atom stereocenters. The Hall–Kier alpha value is -3.34. The summed E-state index contributed by atoms with van der Waals surface area (Å²) in [5.74, 6) is -0.365. The maximum atomic E-state index is 13.4. The maximum Gasteiger partial charge on any atom is 0.269 e. The van der Waals surface area contributed by atoms with Crippen molar-refractivity contribution in [3.05, 3.63) is 73.6 Å². The molecule has 7 nitrogen and oxygen atoms in total. The number of hydrogen-bond donors (Lipinski definition) is 1. The first-order chi connectivity index (χ1) is 16.4. The predicted octanol–water partition coefficient (Wildman–Crippen LogP) is 5.46. The van der Waals surface area contributed by atoms with Crippen LogP contribution in [0.3, 0.4) is 0 Å². The second kappa shape index (κ2) is 10.3. The van der Waals surface area contributed by atoms with Gasteiger partial charge in [0.2, 0.25) is 5.88 Å². The van der Waals surface area contributed by atoms with Gasteiger partial charge in [-0.1, -0.05) is 48.5 Å². The Morgan fingerprint density at radius 3 is 2.74 bits per heavy atom. The number of aromatic nitrogens is 2. The number of carbonyl (C=O) groups excluding carboxylic acids is 1. The fraction of sp³-hybridized carbons (Fsp3) is 0.280. The molecule has 1 aromatic carbocycles. The number of hydrogen-bond acceptors (Lipinski definition) is 5. The Morgan fingerprint density at radius 2 is 2.03 bits per heavy atom. The summed E-state index contributed by atoms with van der Waals surface area (Å²) >= 11 is 12.2. The standard InChI is InChI=1S/C25H22Cl2N4O3/c1-15-6-5-11-31-22(15)30-24(34-21-10-9-17(26)13-20(21)27)19(25(31)33)12-16(14-28)23(32)29-18-7-3-2-4-8-18/h5-6,9-13,18H,2-4,7-8H2,1H3,(H,29,32). The van der Waals surface area contributed by atoms with Gasteiger partial charge in [-0.2, -0.15) is 10.2 Å². The number of nitrogens with zero attached hydrogens (tertiary/aromatic N) is 3. The lowest BCUT2D eigenvalue weighted by molar-refractivity contribution is -0.117. The number of carbonyl (C=O) groups is 1. The second-order valence-electron chi connectivity index (χ2n) is 8.18. The van der Waals surface area contributed by atoms with Gasteiger partial charge in [0.1, 0.15) is 28.6 Å². The van der Waals surface area contributed by atoms with Gasteiger partial charge in [-0.3, -0.25) is 14.0 Å². The summed E-state index contributed by atoms with van der Waals surface area (Å²) in [4.78, 5) is 30.7. The third-order valence-electron chi connectivity index (χ3n) is 5.74. The number of fused-ring (bicyclic) bond motifs is 1. The van der Waals surface area contributed by atoms with Crippen molar-refractivity contribution in [1.82, 2.24) is 14.7 Å². The summed E-state index contributed by atoms with van der Waals surface area (Å²) in [6, 6.07) is 10.1. The molecule has 0 saturated heterocycles. The van der Waals surface area contributed by atoms with Crippen LogP contribution < -0.4 is 15.6 Å². The van der Waals surface area contributed by atoms with E-state index in [0.717, 1.165) is 37.7 Å². The van der Waals surface area contributed by atoms with Crippen molar-refractivity contribution < 1.29 is 9.53 Å². The van der Waals surface area contributed by atoms with E-state index in [1.165, 1.54) is 16.5 Å². The average molecular weight is 497 g/mol. The molecule has 9 heteroatoms. The van der Waals surface area contributed by atoms with Gasteiger partial charge in [-0.05, 0) is 55.7 Å². The minimum absolute atomic E-state index is 0.0140. The van der Waals surface area contributed by atoms with Crippen LogP contribution in [0.15, 0.2) is 46.9 Å². The minimum Gasteiger partial charge on any atom is -0.437 e. The normalized spacial score (nSPS) is 14.6. The van der Waals surface area contributed by atoms with Gasteiger partial charge < -0.3 is 10.1 Å². The van der Waals surface area contributed by atoms with Gasteiger partial charge in [-0.15, -0.1) is 0 Å². The van der Waals surface area contributed by atoms with Crippen LogP contribution in [0.5, 0.6) is 11.6 Å². The molecule has 34 heavy (non-hydrogen) atoms. The van der Waals surface area contributed by atoms with Crippen LogP contribution in [0.25, 0.3) is 11.7 Å². The second-order valence-corrected chi connectivity index (χ2v) is 9.02. The van der Waals surface area contributed by atoms with Crippen LogP contribution in [-0.2, 0) is 4.79 Å². The minimum atomic E-state index is -0.529. The molecule has 0 bridgehead atoms. The van der Waals surface area contributed by atoms with Crippen molar-refractivity contribution in [3.8, 4) is 17.7 Å². The van der Waals surface area contributed by atoms with E-state index in [1.54, 1.807) is 24.4 Å². The zero-order valence-corrected chi connectivity index (χ0v) is 20.0. The maximum absolute atomic E-state index is 13.4. The molecule has 2 aromatic heterocycles. The van der Waals surface area contributed by atoms with E-state index in [2.05, 4.69) is 10.3 Å². The third-order valence-corrected chi connectivity index (χ3v) is 6.27. The van der Waals surface area contributed by atoms with E-state index >= 15 is 0 Å². The number of pyridine rings is 1. The van der Waals surface area contributed by atoms with Crippen LogP contribution in [0, 0.1) is 18.3 Å². The third kappa shape index (κ3) is 5.09. The fourth-order valence-electron chi connectivity index (χ4n) is 3.96. The number of ether oxygens (including phenoxy) is 1. The predicted molar refractivity (Wildman–Crippen MR) is 131 cm³/mol. The van der Waals surface area contributed by atoms with Crippen molar-refractivity contribution in [2.24, 2.45) is 0 Å². The van der Waals surface area contributed by atoms with E-state index in [9.17, 15) is 14.9 Å². The van der Waals surface area contributed by atoms with Crippen LogP contribution in [0.2, 0.25) is 10.0 Å². The molecule has 4 rings (SSSR count). The molecule has 1 fully saturated rings. The lowest BCUT2D eigenvalue weighted by Gasteiger charge is -2.22. The largest absolute Gasteiger partial charge is 0.437 e. The molecule has 3 aromatic rings. The summed E-state index contributed by atoms with van der Waals surface area (Å²) in [6.45, 7) is 1.81. The summed E-state index contributed by atoms with van der Waals surface area (Å²) in [5.41, 5.74) is 0.410. The van der Waals surface area contributed by atoms with Crippen molar-refractivity contribution in [1.29, 1.82) is 5.26 Å². The first-order valence-electron chi connectivity index (χ1n) is 10.9. The van der Waals surface area contributed by atoms with E-state index in [1.807, 2.05) is 19.1 Å². The smallest absolute Gasteiger partial charge is 0.269 e. The molecule has 174 valence electrons. The molecule has 1 amide bonds. The van der Waals surface area contributed by atoms with Crippen LogP contribution >= 0.6 is 23.2 Å². The number of nitriles is 1. The Bertz CT molecular complexity index is 1390. The molecule has 1 aliphatic rings. The quantitative estimate of drug-likeness (QED) is 0.373. The molecule has 1 saturated carbocycles. The average Bonchev–Trinajstić information content (AvgIpc) is 2.82. The van der Waals surface area contributed by atoms with Gasteiger partial charge in [0.05, 0.1) is 5.02 Å².